The molecule has 10 heteroatoms. The maximum absolute atomic E-state index is 13.5. The van der Waals surface area contributed by atoms with Crippen LogP contribution in [-0.4, -0.2) is 35.4 Å². The predicted octanol–water partition coefficient (Wildman–Crippen LogP) is 7.67. The van der Waals surface area contributed by atoms with Crippen LogP contribution in [0.3, 0.4) is 0 Å². The van der Waals surface area contributed by atoms with Crippen molar-refractivity contribution in [2.45, 2.75) is 17.1 Å². The number of nitrogens with one attached hydrogen (secondary N) is 3. The topological polar surface area (TPSA) is 134 Å². The minimum atomic E-state index is -1.05. The maximum atomic E-state index is 13.5. The number of ether oxygens (including phenoxy) is 1. The van der Waals surface area contributed by atoms with Gasteiger partial charge >= 0.3 is 5.97 Å². The van der Waals surface area contributed by atoms with Crippen LogP contribution >= 0.6 is 11.8 Å². The largest absolute Gasteiger partial charge is 0.494 e. The lowest BCUT2D eigenvalue weighted by atomic mass is 10.1. The Kier molecular flexibility index (Phi) is 11.6. The van der Waals surface area contributed by atoms with Gasteiger partial charge in [0.25, 0.3) is 11.8 Å². The van der Waals surface area contributed by atoms with Crippen LogP contribution in [-0.2, 0) is 9.59 Å². The van der Waals surface area contributed by atoms with Gasteiger partial charge in [-0.3, -0.25) is 14.4 Å². The zero-order valence-electron chi connectivity index (χ0n) is 26.5. The zero-order valence-corrected chi connectivity index (χ0v) is 27.3. The molecule has 3 amide bonds. The lowest BCUT2D eigenvalue weighted by Gasteiger charge is -2.18. The molecule has 0 aliphatic heterocycles. The second-order valence-electron chi connectivity index (χ2n) is 10.6. The van der Waals surface area contributed by atoms with Crippen molar-refractivity contribution in [1.29, 1.82) is 0 Å². The van der Waals surface area contributed by atoms with Crippen molar-refractivity contribution in [2.24, 2.45) is 0 Å². The average molecular weight is 672 g/mol. The number of thioether (sulfide) groups is 1. The third kappa shape index (κ3) is 9.69. The Labute approximate surface area is 288 Å². The number of carboxylic acids is 1. The van der Waals surface area contributed by atoms with Crippen LogP contribution in [0.15, 0.2) is 144 Å². The molecule has 0 saturated heterocycles. The smallest absolute Gasteiger partial charge is 0.335 e. The summed E-state index contributed by atoms with van der Waals surface area (Å²) in [4.78, 5) is 52.0. The Morgan fingerprint density at radius 3 is 1.92 bits per heavy atom. The van der Waals surface area contributed by atoms with Crippen LogP contribution in [0.1, 0.15) is 44.0 Å². The maximum Gasteiger partial charge on any atom is 0.335 e. The Morgan fingerprint density at radius 2 is 1.31 bits per heavy atom. The normalized spacial score (nSPS) is 11.6. The van der Waals surface area contributed by atoms with Gasteiger partial charge in [-0.25, -0.2) is 4.79 Å². The summed E-state index contributed by atoms with van der Waals surface area (Å²) in [6.07, 6.45) is 1.59. The average Bonchev–Trinajstić information content (AvgIpc) is 3.12. The summed E-state index contributed by atoms with van der Waals surface area (Å²) in [7, 11) is 0. The molecule has 5 aromatic rings. The first-order valence-electron chi connectivity index (χ1n) is 15.4. The number of hydrogen-bond acceptors (Lipinski definition) is 6. The molecule has 1 unspecified atom stereocenters. The second-order valence-corrected chi connectivity index (χ2v) is 11.8. The van der Waals surface area contributed by atoms with Crippen molar-refractivity contribution in [3.63, 3.8) is 0 Å². The highest BCUT2D eigenvalue weighted by atomic mass is 32.2. The molecule has 0 aliphatic carbocycles. The van der Waals surface area contributed by atoms with Gasteiger partial charge in [0.15, 0.2) is 0 Å². The van der Waals surface area contributed by atoms with E-state index in [1.165, 1.54) is 23.9 Å². The Hall–Kier alpha value is -6.13. The summed E-state index contributed by atoms with van der Waals surface area (Å²) in [5.74, 6) is -1.59. The van der Waals surface area contributed by atoms with E-state index >= 15 is 0 Å². The third-order valence-electron chi connectivity index (χ3n) is 7.14. The van der Waals surface area contributed by atoms with E-state index in [0.717, 1.165) is 10.5 Å². The SMILES string of the molecule is CCOc1ccc(/C=C(\NC(=O)c2ccccc2)C(=O)Nc2ccc(SC(C(=O)Nc3ccc(C(=O)O)cc3)c3ccccc3)cc2)cc1. The number of rotatable bonds is 13. The van der Waals surface area contributed by atoms with Gasteiger partial charge in [-0.15, -0.1) is 11.8 Å². The molecular weight excluding hydrogens is 639 g/mol. The lowest BCUT2D eigenvalue weighted by molar-refractivity contribution is -0.116. The molecule has 9 nitrogen and oxygen atoms in total. The molecule has 0 bridgehead atoms. The van der Waals surface area contributed by atoms with E-state index in [-0.39, 0.29) is 17.2 Å². The van der Waals surface area contributed by atoms with Gasteiger partial charge in [0.1, 0.15) is 16.7 Å². The molecule has 5 aromatic carbocycles. The molecule has 0 spiro atoms. The Balaban J connectivity index is 1.32. The van der Waals surface area contributed by atoms with Crippen LogP contribution in [0.5, 0.6) is 5.75 Å². The van der Waals surface area contributed by atoms with E-state index in [0.29, 0.717) is 34.9 Å². The summed E-state index contributed by atoms with van der Waals surface area (Å²) >= 11 is 1.33. The van der Waals surface area contributed by atoms with Crippen molar-refractivity contribution in [3.8, 4) is 5.75 Å². The number of anilines is 2. The molecule has 0 radical (unpaired) electrons. The predicted molar refractivity (Wildman–Crippen MR) is 192 cm³/mol. The van der Waals surface area contributed by atoms with Gasteiger partial charge in [-0.1, -0.05) is 60.7 Å². The van der Waals surface area contributed by atoms with E-state index in [9.17, 15) is 24.3 Å². The van der Waals surface area contributed by atoms with Crippen LogP contribution in [0, 0.1) is 0 Å². The highest BCUT2D eigenvalue weighted by molar-refractivity contribution is 8.00. The van der Waals surface area contributed by atoms with Crippen molar-refractivity contribution in [2.75, 3.05) is 17.2 Å². The van der Waals surface area contributed by atoms with Gasteiger partial charge in [0.2, 0.25) is 5.91 Å². The highest BCUT2D eigenvalue weighted by Crippen LogP contribution is 2.37. The number of aromatic carboxylic acids is 1. The first-order valence-corrected chi connectivity index (χ1v) is 16.2. The van der Waals surface area contributed by atoms with Gasteiger partial charge in [-0.05, 0) is 96.9 Å². The van der Waals surface area contributed by atoms with E-state index in [1.807, 2.05) is 37.3 Å². The van der Waals surface area contributed by atoms with E-state index < -0.39 is 23.0 Å². The number of carbonyl (C=O) groups is 4. The lowest BCUT2D eigenvalue weighted by Crippen LogP contribution is -2.30. The fourth-order valence-corrected chi connectivity index (χ4v) is 5.72. The van der Waals surface area contributed by atoms with Crippen molar-refractivity contribution in [3.05, 3.63) is 161 Å². The summed E-state index contributed by atoms with van der Waals surface area (Å²) < 4.78 is 5.51. The summed E-state index contributed by atoms with van der Waals surface area (Å²) in [6, 6.07) is 38.1. The van der Waals surface area contributed by atoms with Crippen LogP contribution < -0.4 is 20.7 Å². The molecule has 1 atom stereocenters. The first kappa shape index (κ1) is 34.2. The number of carbonyl (C=O) groups excluding carboxylic acids is 3. The fourth-order valence-electron chi connectivity index (χ4n) is 4.69. The molecule has 0 fully saturated rings. The molecule has 0 aliphatic rings. The third-order valence-corrected chi connectivity index (χ3v) is 8.40. The first-order chi connectivity index (χ1) is 23.8. The number of amides is 3. The molecule has 0 saturated carbocycles. The molecule has 0 heterocycles. The van der Waals surface area contributed by atoms with E-state index in [2.05, 4.69) is 16.0 Å². The summed E-state index contributed by atoms with van der Waals surface area (Å²) in [6.45, 7) is 2.42. The van der Waals surface area contributed by atoms with Gasteiger partial charge in [0.05, 0.1) is 12.2 Å². The minimum absolute atomic E-state index is 0.0497. The molecular formula is C39H33N3O6S. The summed E-state index contributed by atoms with van der Waals surface area (Å²) in [5.41, 5.74) is 3.01. The molecule has 4 N–H and O–H groups in total. The zero-order chi connectivity index (χ0) is 34.6. The van der Waals surface area contributed by atoms with Crippen LogP contribution in [0.2, 0.25) is 0 Å². The van der Waals surface area contributed by atoms with Gasteiger partial charge < -0.3 is 25.8 Å². The molecule has 246 valence electrons. The summed E-state index contributed by atoms with van der Waals surface area (Å²) in [5, 5.41) is 17.0. The molecule has 5 rings (SSSR count). The standard InChI is InChI=1S/C39H33N3O6S/c1-2-48-32-21-13-26(14-22-32)25-34(42-36(43)28-11-7-4-8-12-28)37(44)40-31-19-23-33(24-20-31)49-35(27-9-5-3-6-10-27)38(45)41-30-17-15-29(16-18-30)39(46)47/h3-25,35H,2H2,1H3,(H,40,44)(H,41,45)(H,42,43)(H,46,47)/b34-25-. The minimum Gasteiger partial charge on any atom is -0.494 e. The van der Waals surface area contributed by atoms with Crippen LogP contribution in [0.4, 0.5) is 11.4 Å². The number of carboxylic acid groups (broad SMARTS) is 1. The van der Waals surface area contributed by atoms with Crippen molar-refractivity contribution in [1.82, 2.24) is 5.32 Å². The molecule has 49 heavy (non-hydrogen) atoms. The fraction of sp³-hybridized carbons (Fsp3) is 0.0769. The van der Waals surface area contributed by atoms with Crippen molar-refractivity contribution >= 4 is 52.9 Å². The molecule has 0 aromatic heterocycles. The van der Waals surface area contributed by atoms with Gasteiger partial charge in [0, 0.05) is 21.8 Å². The second kappa shape index (κ2) is 16.6. The van der Waals surface area contributed by atoms with Crippen LogP contribution in [0.25, 0.3) is 6.08 Å². The number of benzene rings is 5. The highest BCUT2D eigenvalue weighted by Gasteiger charge is 2.23. The quantitative estimate of drug-likeness (QED) is 0.0746. The monoisotopic (exact) mass is 671 g/mol. The van der Waals surface area contributed by atoms with E-state index in [1.54, 1.807) is 97.1 Å². The number of hydrogen-bond donors (Lipinski definition) is 4. The van der Waals surface area contributed by atoms with Crippen molar-refractivity contribution < 1.29 is 29.0 Å². The Bertz CT molecular complexity index is 1930. The van der Waals surface area contributed by atoms with E-state index in [4.69, 9.17) is 4.74 Å². The Morgan fingerprint density at radius 1 is 0.714 bits per heavy atom. The van der Waals surface area contributed by atoms with Gasteiger partial charge in [-0.2, -0.15) is 0 Å².